The molecule has 0 aliphatic carbocycles. The van der Waals surface area contributed by atoms with Crippen molar-refractivity contribution in [1.82, 2.24) is 4.98 Å². The molecule has 0 fully saturated rings. The summed E-state index contributed by atoms with van der Waals surface area (Å²) >= 11 is 0. The first-order valence-corrected chi connectivity index (χ1v) is 3.81. The highest BCUT2D eigenvalue weighted by atomic mass is 16.2. The second-order valence-electron chi connectivity index (χ2n) is 2.48. The smallest absolute Gasteiger partial charge is 0.253 e. The molecule has 63 valence electrons. The van der Waals surface area contributed by atoms with Crippen molar-refractivity contribution in [2.45, 2.75) is 12.8 Å². The normalized spacial score (nSPS) is 9.75. The quantitative estimate of drug-likeness (QED) is 0.703. The van der Waals surface area contributed by atoms with Crippen LogP contribution in [0.15, 0.2) is 18.3 Å². The van der Waals surface area contributed by atoms with Crippen LogP contribution in [0, 0.1) is 0 Å². The Labute approximate surface area is 71.1 Å². The number of aliphatic hydroxyl groups excluding tert-OH is 1. The van der Waals surface area contributed by atoms with Crippen LogP contribution in [0.3, 0.4) is 0 Å². The maximum absolute atomic E-state index is 10.2. The van der Waals surface area contributed by atoms with Crippen LogP contribution < -0.4 is 0 Å². The van der Waals surface area contributed by atoms with E-state index >= 15 is 0 Å². The van der Waals surface area contributed by atoms with Gasteiger partial charge >= 0.3 is 0 Å². The fourth-order valence-electron chi connectivity index (χ4n) is 0.969. The third kappa shape index (κ3) is 2.43. The predicted octanol–water partition coefficient (Wildman–Crippen LogP) is 0.464. The number of aliphatic hydroxyl groups is 1. The minimum absolute atomic E-state index is 0.169. The van der Waals surface area contributed by atoms with Crippen molar-refractivity contribution in [3.63, 3.8) is 0 Å². The van der Waals surface area contributed by atoms with E-state index in [9.17, 15) is 4.79 Å². The Balaban J connectivity index is 2.66. The van der Waals surface area contributed by atoms with Crippen molar-refractivity contribution in [1.29, 1.82) is 0 Å². The molecule has 0 aliphatic heterocycles. The summed E-state index contributed by atoms with van der Waals surface area (Å²) in [5.74, 6) is 0. The van der Waals surface area contributed by atoms with Gasteiger partial charge < -0.3 is 5.11 Å². The molecule has 3 heteroatoms. The van der Waals surface area contributed by atoms with Crippen molar-refractivity contribution in [3.05, 3.63) is 29.6 Å². The van der Waals surface area contributed by atoms with Gasteiger partial charge in [0, 0.05) is 12.8 Å². The summed E-state index contributed by atoms with van der Waals surface area (Å²) < 4.78 is 0. The molecule has 1 heterocycles. The Morgan fingerprint density at radius 1 is 1.58 bits per heavy atom. The molecule has 1 N–H and O–H groups in total. The molecule has 0 bridgehead atoms. The number of carbonyl (C=O) groups excluding carboxylic acids is 1. The van der Waals surface area contributed by atoms with Crippen LogP contribution in [-0.2, 0) is 11.2 Å². The van der Waals surface area contributed by atoms with E-state index in [0.717, 1.165) is 12.0 Å². The van der Waals surface area contributed by atoms with E-state index in [1.165, 1.54) is 0 Å². The van der Waals surface area contributed by atoms with Gasteiger partial charge in [-0.1, -0.05) is 0 Å². The second kappa shape index (κ2) is 4.62. The average Bonchev–Trinajstić information content (AvgIpc) is 2.15. The van der Waals surface area contributed by atoms with Gasteiger partial charge in [-0.25, -0.2) is 0 Å². The number of hydrogen-bond donors (Lipinski definition) is 1. The number of pyridine rings is 1. The van der Waals surface area contributed by atoms with E-state index in [2.05, 4.69) is 4.98 Å². The maximum atomic E-state index is 10.2. The van der Waals surface area contributed by atoms with Crippen LogP contribution in [0.2, 0.25) is 0 Å². The van der Waals surface area contributed by atoms with Gasteiger partial charge in [-0.05, 0) is 30.5 Å². The maximum Gasteiger partial charge on any atom is 0.253 e. The lowest BCUT2D eigenvalue weighted by molar-refractivity contribution is 0.288. The molecular formula is C9H10NO2. The van der Waals surface area contributed by atoms with Crippen LogP contribution in [0.1, 0.15) is 17.7 Å². The van der Waals surface area contributed by atoms with Crippen LogP contribution in [0.25, 0.3) is 0 Å². The zero-order valence-corrected chi connectivity index (χ0v) is 6.66. The van der Waals surface area contributed by atoms with Crippen molar-refractivity contribution in [3.8, 4) is 0 Å². The molecule has 3 nitrogen and oxygen atoms in total. The summed E-state index contributed by atoms with van der Waals surface area (Å²) in [7, 11) is 0. The van der Waals surface area contributed by atoms with E-state index in [1.54, 1.807) is 18.5 Å². The van der Waals surface area contributed by atoms with Gasteiger partial charge in [0.25, 0.3) is 6.29 Å². The molecule has 1 radical (unpaired) electrons. The van der Waals surface area contributed by atoms with Gasteiger partial charge in [-0.3, -0.25) is 9.78 Å². The molecule has 0 saturated carbocycles. The van der Waals surface area contributed by atoms with E-state index in [4.69, 9.17) is 5.11 Å². The highest BCUT2D eigenvalue weighted by Crippen LogP contribution is 2.02. The number of rotatable bonds is 4. The first-order valence-electron chi connectivity index (χ1n) is 3.81. The first-order chi connectivity index (χ1) is 5.86. The van der Waals surface area contributed by atoms with Crippen LogP contribution in [0.4, 0.5) is 0 Å². The van der Waals surface area contributed by atoms with Gasteiger partial charge in [0.1, 0.15) is 5.69 Å². The van der Waals surface area contributed by atoms with E-state index in [-0.39, 0.29) is 6.61 Å². The summed E-state index contributed by atoms with van der Waals surface area (Å²) in [6.07, 6.45) is 4.78. The van der Waals surface area contributed by atoms with Gasteiger partial charge in [-0.15, -0.1) is 0 Å². The van der Waals surface area contributed by atoms with Crippen molar-refractivity contribution in [2.24, 2.45) is 0 Å². The first kappa shape index (κ1) is 8.87. The van der Waals surface area contributed by atoms with E-state index in [1.807, 2.05) is 6.07 Å². The van der Waals surface area contributed by atoms with Gasteiger partial charge in [0.15, 0.2) is 0 Å². The standard InChI is InChI=1S/C9H10NO2/c11-5-1-2-8-3-4-10-9(6-8)7-12/h3-4,6,11H,1-2,5H2. The Bertz CT molecular complexity index is 260. The average molecular weight is 164 g/mol. The summed E-state index contributed by atoms with van der Waals surface area (Å²) in [5, 5.41) is 8.56. The van der Waals surface area contributed by atoms with Crippen molar-refractivity contribution >= 4 is 6.29 Å². The van der Waals surface area contributed by atoms with Gasteiger partial charge in [-0.2, -0.15) is 0 Å². The summed E-state index contributed by atoms with van der Waals surface area (Å²) in [6, 6.07) is 3.51. The largest absolute Gasteiger partial charge is 0.396 e. The van der Waals surface area contributed by atoms with E-state index in [0.29, 0.717) is 12.1 Å². The van der Waals surface area contributed by atoms with Gasteiger partial charge in [0.2, 0.25) is 0 Å². The SMILES string of the molecule is O=[C]c1cc(CCCO)ccn1. The minimum atomic E-state index is 0.169. The Morgan fingerprint density at radius 2 is 2.42 bits per heavy atom. The molecule has 0 unspecified atom stereocenters. The lowest BCUT2D eigenvalue weighted by atomic mass is 10.1. The van der Waals surface area contributed by atoms with E-state index < -0.39 is 0 Å². The summed E-state index contributed by atoms with van der Waals surface area (Å²) in [5.41, 5.74) is 1.34. The molecule has 1 aromatic rings. The third-order valence-corrected chi connectivity index (χ3v) is 1.55. The number of hydrogen-bond acceptors (Lipinski definition) is 3. The molecule has 0 spiro atoms. The molecule has 0 aliphatic rings. The molecule has 1 rings (SSSR count). The number of aromatic nitrogens is 1. The lowest BCUT2D eigenvalue weighted by Gasteiger charge is -1.98. The highest BCUT2D eigenvalue weighted by molar-refractivity contribution is 5.72. The number of aryl methyl sites for hydroxylation is 1. The van der Waals surface area contributed by atoms with Gasteiger partial charge in [0.05, 0.1) is 0 Å². The molecule has 0 amide bonds. The zero-order valence-electron chi connectivity index (χ0n) is 6.66. The molecular weight excluding hydrogens is 154 g/mol. The predicted molar refractivity (Wildman–Crippen MR) is 44.4 cm³/mol. The lowest BCUT2D eigenvalue weighted by Crippen LogP contribution is -1.93. The van der Waals surface area contributed by atoms with Crippen molar-refractivity contribution < 1.29 is 9.90 Å². The topological polar surface area (TPSA) is 50.2 Å². The fourth-order valence-corrected chi connectivity index (χ4v) is 0.969. The summed E-state index contributed by atoms with van der Waals surface area (Å²) in [6.45, 7) is 0.169. The zero-order chi connectivity index (χ0) is 8.81. The molecule has 1 aromatic heterocycles. The Hall–Kier alpha value is -1.22. The summed E-state index contributed by atoms with van der Waals surface area (Å²) in [4.78, 5) is 14.0. The second-order valence-corrected chi connectivity index (χ2v) is 2.48. The van der Waals surface area contributed by atoms with Crippen LogP contribution in [0.5, 0.6) is 0 Å². The molecule has 0 saturated heterocycles. The van der Waals surface area contributed by atoms with Crippen molar-refractivity contribution in [2.75, 3.05) is 6.61 Å². The molecule has 0 atom stereocenters. The molecule has 12 heavy (non-hydrogen) atoms. The highest BCUT2D eigenvalue weighted by Gasteiger charge is 1.95. The monoisotopic (exact) mass is 164 g/mol. The Kier molecular flexibility index (Phi) is 3.41. The van der Waals surface area contributed by atoms with Crippen LogP contribution >= 0.6 is 0 Å². The van der Waals surface area contributed by atoms with Crippen LogP contribution in [-0.4, -0.2) is 23.0 Å². The molecule has 0 aromatic carbocycles. The third-order valence-electron chi connectivity index (χ3n) is 1.55. The Morgan fingerprint density at radius 3 is 3.08 bits per heavy atom. The minimum Gasteiger partial charge on any atom is -0.396 e. The number of nitrogens with zero attached hydrogens (tertiary/aromatic N) is 1. The fraction of sp³-hybridized carbons (Fsp3) is 0.333.